The van der Waals surface area contributed by atoms with Crippen LogP contribution < -0.4 is 29.7 Å². The van der Waals surface area contributed by atoms with E-state index in [1.54, 1.807) is 30.3 Å². The van der Waals surface area contributed by atoms with Crippen LogP contribution in [0.1, 0.15) is 16.7 Å². The molecule has 1 saturated heterocycles. The number of aryl methyl sites for hydroxylation is 2. The maximum Gasteiger partial charge on any atom is 0.336 e. The zero-order valence-corrected chi connectivity index (χ0v) is 21.9. The molecule has 1 fully saturated rings. The summed E-state index contributed by atoms with van der Waals surface area (Å²) in [5.74, 6) is -0.980. The molecule has 200 valence electrons. The first kappa shape index (κ1) is 26.9. The Balaban J connectivity index is 1.51. The Labute approximate surface area is 225 Å². The number of benzene rings is 3. The van der Waals surface area contributed by atoms with Gasteiger partial charge >= 0.3 is 6.03 Å². The number of anilines is 2. The molecule has 5 amide bonds. The zero-order valence-electron chi connectivity index (χ0n) is 21.9. The van der Waals surface area contributed by atoms with E-state index in [4.69, 9.17) is 14.2 Å². The molecular weight excluding hydrogens is 502 g/mol. The highest BCUT2D eigenvalue weighted by atomic mass is 16.5. The maximum absolute atomic E-state index is 13.3. The molecule has 0 unspecified atom stereocenters. The molecule has 1 aliphatic heterocycles. The standard InChI is InChI=1S/C29H27N3O7/c1-17-8-9-20(12-18(17)2)30-26(33)16-39-22-7-5-6-19(13-22)14-23-27(34)31-29(36)32(28(23)35)24-11-10-21(37-3)15-25(24)38-4/h5-15H,16H2,1-4H3,(H,30,33)(H,31,34,36)/b23-14+. The number of imide groups is 2. The van der Waals surface area contributed by atoms with Crippen LogP contribution in [0.4, 0.5) is 16.2 Å². The van der Waals surface area contributed by atoms with Gasteiger partial charge in [0, 0.05) is 11.8 Å². The number of nitrogens with one attached hydrogen (secondary N) is 2. The van der Waals surface area contributed by atoms with Gasteiger partial charge in [-0.15, -0.1) is 0 Å². The van der Waals surface area contributed by atoms with Crippen LogP contribution in [0, 0.1) is 13.8 Å². The number of urea groups is 1. The van der Waals surface area contributed by atoms with E-state index in [0.717, 1.165) is 16.0 Å². The van der Waals surface area contributed by atoms with E-state index in [1.807, 2.05) is 32.0 Å². The average molecular weight is 530 g/mol. The van der Waals surface area contributed by atoms with Crippen molar-refractivity contribution in [2.75, 3.05) is 31.0 Å². The molecule has 3 aromatic carbocycles. The van der Waals surface area contributed by atoms with Crippen LogP contribution in [0.2, 0.25) is 0 Å². The van der Waals surface area contributed by atoms with Crippen molar-refractivity contribution in [3.63, 3.8) is 0 Å². The zero-order chi connectivity index (χ0) is 28.1. The molecule has 3 aromatic rings. The van der Waals surface area contributed by atoms with Crippen LogP contribution in [0.3, 0.4) is 0 Å². The predicted octanol–water partition coefficient (Wildman–Crippen LogP) is 4.00. The molecule has 0 radical (unpaired) electrons. The van der Waals surface area contributed by atoms with E-state index in [1.165, 1.54) is 32.4 Å². The normalized spacial score (nSPS) is 14.2. The summed E-state index contributed by atoms with van der Waals surface area (Å²) >= 11 is 0. The number of hydrogen-bond donors (Lipinski definition) is 2. The Bertz CT molecular complexity index is 1500. The quantitative estimate of drug-likeness (QED) is 0.334. The van der Waals surface area contributed by atoms with Crippen molar-refractivity contribution in [3.05, 3.63) is 82.9 Å². The van der Waals surface area contributed by atoms with Crippen LogP contribution in [0.5, 0.6) is 17.2 Å². The maximum atomic E-state index is 13.3. The summed E-state index contributed by atoms with van der Waals surface area (Å²) in [7, 11) is 2.86. The number of rotatable bonds is 8. The average Bonchev–Trinajstić information content (AvgIpc) is 2.92. The molecule has 10 heteroatoms. The molecule has 39 heavy (non-hydrogen) atoms. The first-order valence-corrected chi connectivity index (χ1v) is 11.9. The third-order valence-corrected chi connectivity index (χ3v) is 6.06. The fraction of sp³-hybridized carbons (Fsp3) is 0.172. The first-order chi connectivity index (χ1) is 18.7. The van der Waals surface area contributed by atoms with Crippen molar-refractivity contribution in [2.45, 2.75) is 13.8 Å². The van der Waals surface area contributed by atoms with Gasteiger partial charge in [-0.05, 0) is 73.0 Å². The van der Waals surface area contributed by atoms with Gasteiger partial charge in [0.1, 0.15) is 22.8 Å². The monoisotopic (exact) mass is 529 g/mol. The molecule has 0 saturated carbocycles. The molecule has 10 nitrogen and oxygen atoms in total. The van der Waals surface area contributed by atoms with Gasteiger partial charge in [0.2, 0.25) is 0 Å². The highest BCUT2D eigenvalue weighted by Crippen LogP contribution is 2.34. The van der Waals surface area contributed by atoms with Crippen molar-refractivity contribution in [2.24, 2.45) is 0 Å². The van der Waals surface area contributed by atoms with Crippen LogP contribution in [0.15, 0.2) is 66.2 Å². The van der Waals surface area contributed by atoms with E-state index in [2.05, 4.69) is 10.6 Å². The Hall–Kier alpha value is -5.12. The molecule has 0 atom stereocenters. The van der Waals surface area contributed by atoms with E-state index >= 15 is 0 Å². The van der Waals surface area contributed by atoms with Crippen LogP contribution in [0.25, 0.3) is 6.08 Å². The van der Waals surface area contributed by atoms with Gasteiger partial charge in [0.05, 0.1) is 19.9 Å². The highest BCUT2D eigenvalue weighted by molar-refractivity contribution is 6.39. The Morgan fingerprint density at radius 1 is 0.923 bits per heavy atom. The first-order valence-electron chi connectivity index (χ1n) is 11.9. The van der Waals surface area contributed by atoms with Crippen molar-refractivity contribution in [1.82, 2.24) is 5.32 Å². The van der Waals surface area contributed by atoms with Crippen LogP contribution in [-0.4, -0.2) is 44.6 Å². The van der Waals surface area contributed by atoms with Crippen molar-refractivity contribution in [3.8, 4) is 17.2 Å². The molecule has 0 aromatic heterocycles. The Kier molecular flexibility index (Phi) is 7.95. The molecule has 0 bridgehead atoms. The van der Waals surface area contributed by atoms with Gasteiger partial charge in [-0.25, -0.2) is 9.69 Å². The fourth-order valence-electron chi connectivity index (χ4n) is 3.87. The lowest BCUT2D eigenvalue weighted by Gasteiger charge is -2.27. The molecule has 4 rings (SSSR count). The summed E-state index contributed by atoms with van der Waals surface area (Å²) < 4.78 is 16.1. The number of carbonyl (C=O) groups is 4. The lowest BCUT2D eigenvalue weighted by molar-refractivity contribution is -0.122. The molecule has 0 aliphatic carbocycles. The van der Waals surface area contributed by atoms with Gasteiger partial charge in [-0.3, -0.25) is 19.7 Å². The summed E-state index contributed by atoms with van der Waals surface area (Å²) in [4.78, 5) is 51.7. The van der Waals surface area contributed by atoms with Crippen molar-refractivity contribution in [1.29, 1.82) is 0 Å². The van der Waals surface area contributed by atoms with Gasteiger partial charge in [-0.1, -0.05) is 18.2 Å². The van der Waals surface area contributed by atoms with Gasteiger partial charge < -0.3 is 19.5 Å². The number of carbonyl (C=O) groups excluding carboxylic acids is 4. The Morgan fingerprint density at radius 3 is 2.44 bits per heavy atom. The molecular formula is C29H27N3O7. The van der Waals surface area contributed by atoms with Gasteiger partial charge in [0.15, 0.2) is 6.61 Å². The third kappa shape index (κ3) is 6.07. The largest absolute Gasteiger partial charge is 0.497 e. The SMILES string of the molecule is COc1ccc(N2C(=O)NC(=O)/C(=C\c3cccc(OCC(=O)Nc4ccc(C)c(C)c4)c3)C2=O)c(OC)c1. The van der Waals surface area contributed by atoms with Gasteiger partial charge in [0.25, 0.3) is 17.7 Å². The smallest absolute Gasteiger partial charge is 0.336 e. The minimum absolute atomic E-state index is 0.145. The number of nitrogens with zero attached hydrogens (tertiary/aromatic N) is 1. The van der Waals surface area contributed by atoms with Crippen LogP contribution >= 0.6 is 0 Å². The van der Waals surface area contributed by atoms with Crippen molar-refractivity contribution >= 4 is 41.2 Å². The van der Waals surface area contributed by atoms with Crippen molar-refractivity contribution < 1.29 is 33.4 Å². The van der Waals surface area contributed by atoms with E-state index < -0.39 is 17.8 Å². The van der Waals surface area contributed by atoms with E-state index in [0.29, 0.717) is 22.7 Å². The lowest BCUT2D eigenvalue weighted by Crippen LogP contribution is -2.54. The topological polar surface area (TPSA) is 123 Å². The summed E-state index contributed by atoms with van der Waals surface area (Å²) in [6.45, 7) is 3.70. The summed E-state index contributed by atoms with van der Waals surface area (Å²) in [6.07, 6.45) is 1.34. The second kappa shape index (κ2) is 11.5. The summed E-state index contributed by atoms with van der Waals surface area (Å²) in [5.41, 5.74) is 3.18. The van der Waals surface area contributed by atoms with Crippen LogP contribution in [-0.2, 0) is 14.4 Å². The molecule has 0 spiro atoms. The minimum Gasteiger partial charge on any atom is -0.497 e. The second-order valence-electron chi connectivity index (χ2n) is 8.70. The summed E-state index contributed by atoms with van der Waals surface area (Å²) in [5, 5.41) is 4.97. The molecule has 1 aliphatic rings. The van der Waals surface area contributed by atoms with E-state index in [9.17, 15) is 19.2 Å². The number of ether oxygens (including phenoxy) is 3. The second-order valence-corrected chi connectivity index (χ2v) is 8.70. The summed E-state index contributed by atoms with van der Waals surface area (Å²) in [6, 6.07) is 15.8. The van der Waals surface area contributed by atoms with Gasteiger partial charge in [-0.2, -0.15) is 0 Å². The number of hydrogen-bond acceptors (Lipinski definition) is 7. The third-order valence-electron chi connectivity index (χ3n) is 6.06. The fourth-order valence-corrected chi connectivity index (χ4v) is 3.87. The number of barbiturate groups is 1. The Morgan fingerprint density at radius 2 is 1.72 bits per heavy atom. The number of amides is 5. The molecule has 2 N–H and O–H groups in total. The molecule has 1 heterocycles. The lowest BCUT2D eigenvalue weighted by atomic mass is 10.1. The highest BCUT2D eigenvalue weighted by Gasteiger charge is 2.38. The minimum atomic E-state index is -0.905. The number of methoxy groups -OCH3 is 2. The predicted molar refractivity (Wildman–Crippen MR) is 145 cm³/mol. The van der Waals surface area contributed by atoms with E-state index in [-0.39, 0.29) is 29.5 Å².